The lowest BCUT2D eigenvalue weighted by molar-refractivity contribution is -0.121. The van der Waals surface area contributed by atoms with Gasteiger partial charge in [-0.15, -0.1) is 12.4 Å². The quantitative estimate of drug-likeness (QED) is 0.773. The molecule has 1 aromatic rings. The van der Waals surface area contributed by atoms with E-state index >= 15 is 0 Å². The van der Waals surface area contributed by atoms with Crippen LogP contribution in [0, 0.1) is 11.6 Å². The number of halogens is 3. The van der Waals surface area contributed by atoms with Crippen molar-refractivity contribution in [1.29, 1.82) is 0 Å². The zero-order valence-electron chi connectivity index (χ0n) is 12.2. The number of aryl methyl sites for hydroxylation is 1. The van der Waals surface area contributed by atoms with Gasteiger partial charge in [0, 0.05) is 19.0 Å². The molecule has 3 N–H and O–H groups in total. The van der Waals surface area contributed by atoms with Gasteiger partial charge in [-0.2, -0.15) is 0 Å². The number of nitrogens with two attached hydrogens (primary N) is 1. The lowest BCUT2D eigenvalue weighted by atomic mass is 10.1. The van der Waals surface area contributed by atoms with Gasteiger partial charge in [-0.3, -0.25) is 4.79 Å². The van der Waals surface area contributed by atoms with Crippen LogP contribution < -0.4 is 11.1 Å². The van der Waals surface area contributed by atoms with Crippen molar-refractivity contribution in [3.8, 4) is 0 Å². The lowest BCUT2D eigenvalue weighted by Gasteiger charge is -2.16. The minimum Gasteiger partial charge on any atom is -0.352 e. The Morgan fingerprint density at radius 1 is 1.38 bits per heavy atom. The summed E-state index contributed by atoms with van der Waals surface area (Å²) in [7, 11) is 0. The van der Waals surface area contributed by atoms with Gasteiger partial charge in [0.1, 0.15) is 11.6 Å². The zero-order valence-corrected chi connectivity index (χ0v) is 13.0. The van der Waals surface area contributed by atoms with E-state index < -0.39 is 11.6 Å². The van der Waals surface area contributed by atoms with Gasteiger partial charge >= 0.3 is 0 Å². The first-order chi connectivity index (χ1) is 9.56. The molecule has 1 amide bonds. The smallest absolute Gasteiger partial charge is 0.220 e. The second kappa shape index (κ2) is 10.5. The number of benzene rings is 1. The van der Waals surface area contributed by atoms with Crippen LogP contribution in [0.2, 0.25) is 0 Å². The molecule has 0 aliphatic heterocycles. The topological polar surface area (TPSA) is 55.1 Å². The van der Waals surface area contributed by atoms with E-state index in [0.29, 0.717) is 6.54 Å². The van der Waals surface area contributed by atoms with Crippen molar-refractivity contribution in [2.24, 2.45) is 5.73 Å². The number of unbranched alkanes of at least 4 members (excludes halogenated alkanes) is 1. The largest absolute Gasteiger partial charge is 0.352 e. The maximum atomic E-state index is 13.4. The Morgan fingerprint density at radius 2 is 2.10 bits per heavy atom. The molecule has 0 fully saturated rings. The monoisotopic (exact) mass is 320 g/mol. The minimum atomic E-state index is -0.496. The van der Waals surface area contributed by atoms with E-state index in [2.05, 4.69) is 12.2 Å². The summed E-state index contributed by atoms with van der Waals surface area (Å²) in [6.45, 7) is 2.46. The third-order valence-electron chi connectivity index (χ3n) is 3.18. The molecule has 0 spiro atoms. The summed E-state index contributed by atoms with van der Waals surface area (Å²) < 4.78 is 26.4. The lowest BCUT2D eigenvalue weighted by Crippen LogP contribution is -2.40. The molecule has 0 aromatic heterocycles. The number of hydrogen-bond acceptors (Lipinski definition) is 2. The van der Waals surface area contributed by atoms with Crippen molar-refractivity contribution in [3.05, 3.63) is 35.4 Å². The molecule has 1 atom stereocenters. The summed E-state index contributed by atoms with van der Waals surface area (Å²) in [6.07, 6.45) is 3.19. The van der Waals surface area contributed by atoms with E-state index in [1.165, 1.54) is 0 Å². The maximum absolute atomic E-state index is 13.4. The first-order valence-corrected chi connectivity index (χ1v) is 7.00. The number of carbonyl (C=O) groups excluding carboxylic acids is 1. The van der Waals surface area contributed by atoms with Crippen LogP contribution in [-0.2, 0) is 11.2 Å². The van der Waals surface area contributed by atoms with E-state index in [0.717, 1.165) is 37.5 Å². The highest BCUT2D eigenvalue weighted by molar-refractivity contribution is 5.85. The van der Waals surface area contributed by atoms with E-state index in [9.17, 15) is 13.6 Å². The average molecular weight is 321 g/mol. The van der Waals surface area contributed by atoms with Gasteiger partial charge in [-0.25, -0.2) is 8.78 Å². The highest BCUT2D eigenvalue weighted by atomic mass is 35.5. The predicted octanol–water partition coefficient (Wildman–Crippen LogP) is 2.95. The van der Waals surface area contributed by atoms with Crippen LogP contribution >= 0.6 is 12.4 Å². The molecule has 1 unspecified atom stereocenters. The number of hydrogen-bond donors (Lipinski definition) is 2. The fraction of sp³-hybridized carbons (Fsp3) is 0.533. The molecule has 1 aromatic carbocycles. The van der Waals surface area contributed by atoms with Crippen molar-refractivity contribution < 1.29 is 13.6 Å². The molecular weight excluding hydrogens is 298 g/mol. The molecule has 120 valence electrons. The molecule has 1 rings (SSSR count). The Labute approximate surface area is 130 Å². The normalized spacial score (nSPS) is 11.6. The zero-order chi connectivity index (χ0) is 15.0. The summed E-state index contributed by atoms with van der Waals surface area (Å²) in [5, 5.41) is 2.83. The SMILES string of the molecule is CCCCC(CN)NC(=O)CCc1cc(F)ccc1F.Cl. The fourth-order valence-electron chi connectivity index (χ4n) is 1.98. The van der Waals surface area contributed by atoms with Crippen molar-refractivity contribution in [3.63, 3.8) is 0 Å². The van der Waals surface area contributed by atoms with Gasteiger partial charge in [-0.05, 0) is 36.6 Å². The van der Waals surface area contributed by atoms with Crippen LogP contribution in [0.25, 0.3) is 0 Å². The summed E-state index contributed by atoms with van der Waals surface area (Å²) in [5.74, 6) is -1.16. The third-order valence-corrected chi connectivity index (χ3v) is 3.18. The summed E-state index contributed by atoms with van der Waals surface area (Å²) in [5.41, 5.74) is 5.81. The molecule has 0 radical (unpaired) electrons. The molecule has 0 saturated carbocycles. The molecule has 6 heteroatoms. The molecule has 0 bridgehead atoms. The first kappa shape index (κ1) is 19.8. The van der Waals surface area contributed by atoms with Crippen LogP contribution in [0.5, 0.6) is 0 Å². The minimum absolute atomic E-state index is 0. The second-order valence-corrected chi connectivity index (χ2v) is 4.88. The molecular formula is C15H23ClF2N2O. The van der Waals surface area contributed by atoms with E-state index in [1.54, 1.807) is 0 Å². The molecule has 21 heavy (non-hydrogen) atoms. The van der Waals surface area contributed by atoms with Crippen LogP contribution in [0.15, 0.2) is 18.2 Å². The Hall–Kier alpha value is -1.20. The van der Waals surface area contributed by atoms with Crippen LogP contribution in [-0.4, -0.2) is 18.5 Å². The third kappa shape index (κ3) is 7.39. The van der Waals surface area contributed by atoms with Gasteiger partial charge in [0.2, 0.25) is 5.91 Å². The first-order valence-electron chi connectivity index (χ1n) is 7.00. The second-order valence-electron chi connectivity index (χ2n) is 4.88. The maximum Gasteiger partial charge on any atom is 0.220 e. The average Bonchev–Trinajstić information content (AvgIpc) is 2.44. The Bertz CT molecular complexity index is 444. The summed E-state index contributed by atoms with van der Waals surface area (Å²) >= 11 is 0. The molecule has 0 aliphatic carbocycles. The number of rotatable bonds is 8. The number of nitrogens with one attached hydrogen (secondary N) is 1. The fourth-order valence-corrected chi connectivity index (χ4v) is 1.98. The van der Waals surface area contributed by atoms with E-state index in [1.807, 2.05) is 0 Å². The van der Waals surface area contributed by atoms with Crippen molar-refractivity contribution in [2.45, 2.75) is 45.1 Å². The van der Waals surface area contributed by atoms with Crippen molar-refractivity contribution in [2.75, 3.05) is 6.54 Å². The van der Waals surface area contributed by atoms with Crippen LogP contribution in [0.4, 0.5) is 8.78 Å². The summed E-state index contributed by atoms with van der Waals surface area (Å²) in [6, 6.07) is 3.22. The Balaban J connectivity index is 0.00000400. The highest BCUT2D eigenvalue weighted by Gasteiger charge is 2.11. The van der Waals surface area contributed by atoms with Gasteiger partial charge in [0.15, 0.2) is 0 Å². The molecule has 0 aliphatic rings. The van der Waals surface area contributed by atoms with Crippen LogP contribution in [0.3, 0.4) is 0 Å². The van der Waals surface area contributed by atoms with Gasteiger partial charge in [-0.1, -0.05) is 19.8 Å². The molecule has 3 nitrogen and oxygen atoms in total. The van der Waals surface area contributed by atoms with Gasteiger partial charge in [0.05, 0.1) is 0 Å². The van der Waals surface area contributed by atoms with Gasteiger partial charge in [0.25, 0.3) is 0 Å². The van der Waals surface area contributed by atoms with E-state index in [-0.39, 0.29) is 42.8 Å². The van der Waals surface area contributed by atoms with E-state index in [4.69, 9.17) is 5.73 Å². The molecule has 0 heterocycles. The summed E-state index contributed by atoms with van der Waals surface area (Å²) in [4.78, 5) is 11.8. The number of amides is 1. The predicted molar refractivity (Wildman–Crippen MR) is 82.4 cm³/mol. The van der Waals surface area contributed by atoms with Gasteiger partial charge < -0.3 is 11.1 Å². The molecule has 0 saturated heterocycles. The van der Waals surface area contributed by atoms with Crippen LogP contribution in [0.1, 0.15) is 38.2 Å². The number of carbonyl (C=O) groups is 1. The Kier molecular flexibility index (Phi) is 9.91. The van der Waals surface area contributed by atoms with Crippen molar-refractivity contribution in [1.82, 2.24) is 5.32 Å². The Morgan fingerprint density at radius 3 is 2.71 bits per heavy atom. The van der Waals surface area contributed by atoms with Crippen molar-refractivity contribution >= 4 is 18.3 Å². The standard InChI is InChI=1S/C15H22F2N2O.ClH/c1-2-3-4-13(10-18)19-15(20)8-5-11-9-12(16)6-7-14(11)17;/h6-7,9,13H,2-5,8,10,18H2,1H3,(H,19,20);1H. The highest BCUT2D eigenvalue weighted by Crippen LogP contribution is 2.12.